The van der Waals surface area contributed by atoms with E-state index in [1.165, 1.54) is 4.90 Å². The lowest BCUT2D eigenvalue weighted by molar-refractivity contribution is 0.111. The zero-order valence-electron chi connectivity index (χ0n) is 13.4. The molecular weight excluding hydrogens is 306 g/mol. The van der Waals surface area contributed by atoms with Crippen molar-refractivity contribution in [3.05, 3.63) is 48.5 Å². The maximum Gasteiger partial charge on any atom is 0.407 e. The van der Waals surface area contributed by atoms with Crippen LogP contribution in [0.5, 0.6) is 11.5 Å². The molecule has 1 amide bonds. The summed E-state index contributed by atoms with van der Waals surface area (Å²) in [4.78, 5) is 12.3. The Labute approximate surface area is 141 Å². The van der Waals surface area contributed by atoms with Crippen molar-refractivity contribution in [3.8, 4) is 22.6 Å². The number of phenolic OH excluding ortho intramolecular Hbond substituents is 1. The van der Waals surface area contributed by atoms with Crippen LogP contribution in [0.3, 0.4) is 0 Å². The number of ether oxygens (including phenoxy) is 1. The molecule has 2 aromatic carbocycles. The Morgan fingerprint density at radius 2 is 1.54 bits per heavy atom. The highest BCUT2D eigenvalue weighted by molar-refractivity contribution is 5.65. The summed E-state index contributed by atoms with van der Waals surface area (Å²) < 4.78 is 5.85. The lowest BCUT2D eigenvalue weighted by atomic mass is 9.98. The van der Waals surface area contributed by atoms with Gasteiger partial charge in [0, 0.05) is 13.1 Å². The monoisotopic (exact) mass is 327 g/mol. The molecule has 5 heteroatoms. The first-order chi connectivity index (χ1) is 11.6. The number of phenols is 1. The zero-order valence-corrected chi connectivity index (χ0v) is 13.4. The summed E-state index contributed by atoms with van der Waals surface area (Å²) >= 11 is 0. The van der Waals surface area contributed by atoms with Gasteiger partial charge in [0.25, 0.3) is 0 Å². The normalized spacial score (nSPS) is 15.2. The second-order valence-corrected chi connectivity index (χ2v) is 6.10. The van der Waals surface area contributed by atoms with Crippen LogP contribution in [-0.4, -0.2) is 40.9 Å². The number of piperidine rings is 1. The van der Waals surface area contributed by atoms with E-state index in [0.29, 0.717) is 25.6 Å². The number of nitrogens with zero attached hydrogens (tertiary/aromatic N) is 1. The van der Waals surface area contributed by atoms with E-state index in [4.69, 9.17) is 9.84 Å². The molecule has 3 rings (SSSR count). The number of aromatic hydroxyl groups is 1. The number of carboxylic acid groups (broad SMARTS) is 1. The van der Waals surface area contributed by atoms with Crippen LogP contribution in [-0.2, 0) is 0 Å². The summed E-state index contributed by atoms with van der Waals surface area (Å²) in [5, 5.41) is 18.3. The van der Waals surface area contributed by atoms with E-state index in [0.717, 1.165) is 29.7 Å². The molecular formula is C19H21NO4. The molecule has 126 valence electrons. The highest BCUT2D eigenvalue weighted by Crippen LogP contribution is 2.25. The molecule has 0 spiro atoms. The van der Waals surface area contributed by atoms with Crippen molar-refractivity contribution < 1.29 is 19.7 Å². The standard InChI is InChI=1S/C19H21NO4/c21-17-5-1-15(2-6-17)16-3-7-18(8-4-16)24-13-14-9-11-20(12-10-14)19(22)23/h1-8,14,21H,9-13H2,(H,22,23). The third-order valence-corrected chi connectivity index (χ3v) is 4.43. The van der Waals surface area contributed by atoms with Crippen molar-refractivity contribution in [3.63, 3.8) is 0 Å². The fourth-order valence-electron chi connectivity index (χ4n) is 2.90. The minimum absolute atomic E-state index is 0.257. The minimum Gasteiger partial charge on any atom is -0.508 e. The van der Waals surface area contributed by atoms with Gasteiger partial charge in [0.1, 0.15) is 11.5 Å². The number of likely N-dealkylation sites (tertiary alicyclic amines) is 1. The van der Waals surface area contributed by atoms with Gasteiger partial charge >= 0.3 is 6.09 Å². The van der Waals surface area contributed by atoms with Crippen LogP contribution in [0, 0.1) is 5.92 Å². The number of amides is 1. The van der Waals surface area contributed by atoms with E-state index in [1.54, 1.807) is 12.1 Å². The summed E-state index contributed by atoms with van der Waals surface area (Å²) in [7, 11) is 0. The molecule has 0 atom stereocenters. The molecule has 5 nitrogen and oxygen atoms in total. The number of hydrogen-bond donors (Lipinski definition) is 2. The van der Waals surface area contributed by atoms with Gasteiger partial charge in [-0.1, -0.05) is 24.3 Å². The molecule has 0 saturated carbocycles. The Bertz CT molecular complexity index is 674. The van der Waals surface area contributed by atoms with Gasteiger partial charge in [-0.2, -0.15) is 0 Å². The van der Waals surface area contributed by atoms with E-state index in [1.807, 2.05) is 36.4 Å². The highest BCUT2D eigenvalue weighted by Gasteiger charge is 2.22. The third-order valence-electron chi connectivity index (χ3n) is 4.43. The zero-order chi connectivity index (χ0) is 16.9. The van der Waals surface area contributed by atoms with Crippen LogP contribution in [0.2, 0.25) is 0 Å². The van der Waals surface area contributed by atoms with Crippen LogP contribution in [0.1, 0.15) is 12.8 Å². The predicted octanol–water partition coefficient (Wildman–Crippen LogP) is 3.83. The van der Waals surface area contributed by atoms with Gasteiger partial charge < -0.3 is 19.8 Å². The average molecular weight is 327 g/mol. The molecule has 1 saturated heterocycles. The molecule has 0 unspecified atom stereocenters. The van der Waals surface area contributed by atoms with E-state index < -0.39 is 6.09 Å². The summed E-state index contributed by atoms with van der Waals surface area (Å²) in [5.41, 5.74) is 2.11. The average Bonchev–Trinajstić information content (AvgIpc) is 2.61. The molecule has 1 aliphatic rings. The Morgan fingerprint density at radius 1 is 1.00 bits per heavy atom. The fourth-order valence-corrected chi connectivity index (χ4v) is 2.90. The van der Waals surface area contributed by atoms with Gasteiger partial charge in [0.15, 0.2) is 0 Å². The molecule has 0 bridgehead atoms. The van der Waals surface area contributed by atoms with Gasteiger partial charge in [0.2, 0.25) is 0 Å². The lowest BCUT2D eigenvalue weighted by Gasteiger charge is -2.29. The molecule has 1 heterocycles. The molecule has 2 N–H and O–H groups in total. The fraction of sp³-hybridized carbons (Fsp3) is 0.316. The first-order valence-electron chi connectivity index (χ1n) is 8.12. The van der Waals surface area contributed by atoms with Gasteiger partial charge in [-0.3, -0.25) is 0 Å². The van der Waals surface area contributed by atoms with Crippen molar-refractivity contribution in [2.75, 3.05) is 19.7 Å². The molecule has 1 fully saturated rings. The van der Waals surface area contributed by atoms with Gasteiger partial charge in [0.05, 0.1) is 6.61 Å². The van der Waals surface area contributed by atoms with Crippen LogP contribution in [0.4, 0.5) is 4.79 Å². The SMILES string of the molecule is O=C(O)N1CCC(COc2ccc(-c3ccc(O)cc3)cc2)CC1. The van der Waals surface area contributed by atoms with Crippen molar-refractivity contribution in [2.24, 2.45) is 5.92 Å². The second kappa shape index (κ2) is 7.25. The van der Waals surface area contributed by atoms with E-state index in [9.17, 15) is 9.90 Å². The number of benzene rings is 2. The van der Waals surface area contributed by atoms with Crippen molar-refractivity contribution in [2.45, 2.75) is 12.8 Å². The van der Waals surface area contributed by atoms with Gasteiger partial charge in [-0.05, 0) is 54.2 Å². The first kappa shape index (κ1) is 16.2. The predicted molar refractivity (Wildman–Crippen MR) is 91.4 cm³/mol. The minimum atomic E-state index is -0.834. The second-order valence-electron chi connectivity index (χ2n) is 6.10. The summed E-state index contributed by atoms with van der Waals surface area (Å²) in [6.07, 6.45) is 0.856. The highest BCUT2D eigenvalue weighted by atomic mass is 16.5. The Morgan fingerprint density at radius 3 is 2.08 bits per heavy atom. The van der Waals surface area contributed by atoms with Crippen molar-refractivity contribution in [1.82, 2.24) is 4.90 Å². The van der Waals surface area contributed by atoms with Crippen LogP contribution < -0.4 is 4.74 Å². The third kappa shape index (κ3) is 3.98. The molecule has 2 aromatic rings. The summed E-state index contributed by atoms with van der Waals surface area (Å²) in [6.45, 7) is 1.79. The molecule has 0 radical (unpaired) electrons. The van der Waals surface area contributed by atoms with Crippen LogP contribution >= 0.6 is 0 Å². The molecule has 24 heavy (non-hydrogen) atoms. The van der Waals surface area contributed by atoms with E-state index in [-0.39, 0.29) is 5.75 Å². The number of hydrogen-bond acceptors (Lipinski definition) is 3. The summed E-state index contributed by atoms with van der Waals surface area (Å²) in [5.74, 6) is 1.48. The maximum absolute atomic E-state index is 10.9. The van der Waals surface area contributed by atoms with E-state index >= 15 is 0 Å². The largest absolute Gasteiger partial charge is 0.508 e. The smallest absolute Gasteiger partial charge is 0.407 e. The van der Waals surface area contributed by atoms with Crippen LogP contribution in [0.15, 0.2) is 48.5 Å². The van der Waals surface area contributed by atoms with Gasteiger partial charge in [-0.25, -0.2) is 4.79 Å². The Hall–Kier alpha value is -2.69. The lowest BCUT2D eigenvalue weighted by Crippen LogP contribution is -2.38. The maximum atomic E-state index is 10.9. The topological polar surface area (TPSA) is 70.0 Å². The first-order valence-corrected chi connectivity index (χ1v) is 8.12. The molecule has 0 aliphatic carbocycles. The molecule has 0 aromatic heterocycles. The summed E-state index contributed by atoms with van der Waals surface area (Å²) in [6, 6.07) is 15.0. The van der Waals surface area contributed by atoms with Gasteiger partial charge in [-0.15, -0.1) is 0 Å². The quantitative estimate of drug-likeness (QED) is 0.895. The van der Waals surface area contributed by atoms with E-state index in [2.05, 4.69) is 0 Å². The Balaban J connectivity index is 1.52. The van der Waals surface area contributed by atoms with Crippen molar-refractivity contribution >= 4 is 6.09 Å². The Kier molecular flexibility index (Phi) is 4.89. The molecule has 1 aliphatic heterocycles. The van der Waals surface area contributed by atoms with Crippen LogP contribution in [0.25, 0.3) is 11.1 Å². The van der Waals surface area contributed by atoms with Crippen molar-refractivity contribution in [1.29, 1.82) is 0 Å². The number of rotatable bonds is 4. The number of carbonyl (C=O) groups is 1.